The van der Waals surface area contributed by atoms with Crippen molar-refractivity contribution in [3.63, 3.8) is 0 Å². The van der Waals surface area contributed by atoms with Crippen molar-refractivity contribution in [3.05, 3.63) is 71.2 Å². The molecule has 2 aromatic rings. The lowest BCUT2D eigenvalue weighted by atomic mass is 10.1. The van der Waals surface area contributed by atoms with Gasteiger partial charge < -0.3 is 0 Å². The summed E-state index contributed by atoms with van der Waals surface area (Å²) in [5.74, 6) is 5.93. The van der Waals surface area contributed by atoms with Crippen LogP contribution in [0, 0.1) is 12.7 Å². The molecule has 192 valence electrons. The lowest BCUT2D eigenvalue weighted by Gasteiger charge is -2.22. The molecule has 35 heavy (non-hydrogen) atoms. The van der Waals surface area contributed by atoms with Gasteiger partial charge in [-0.15, -0.1) is 0 Å². The Bertz CT molecular complexity index is 1140. The van der Waals surface area contributed by atoms with Gasteiger partial charge in [0, 0.05) is 24.9 Å². The number of nitrogens with two attached hydrogens (primary N) is 2. The second-order valence-electron chi connectivity index (χ2n) is 7.60. The molecule has 0 aliphatic rings. The lowest BCUT2D eigenvalue weighted by Crippen LogP contribution is -2.39. The molecule has 0 bridgehead atoms. The Morgan fingerprint density at radius 1 is 1.17 bits per heavy atom. The van der Waals surface area contributed by atoms with Gasteiger partial charge in [-0.3, -0.25) is 15.0 Å². The van der Waals surface area contributed by atoms with Crippen molar-refractivity contribution in [2.75, 3.05) is 11.6 Å². The quantitative estimate of drug-likeness (QED) is 0.151. The van der Waals surface area contributed by atoms with Gasteiger partial charge in [0.15, 0.2) is 0 Å². The largest absolute Gasteiger partial charge is 0.271 e. The van der Waals surface area contributed by atoms with Gasteiger partial charge in [-0.05, 0) is 56.9 Å². The number of hydrogen-bond acceptors (Lipinski definition) is 5. The van der Waals surface area contributed by atoms with Crippen LogP contribution >= 0.6 is 0 Å². The third kappa shape index (κ3) is 10.1. The Labute approximate surface area is 209 Å². The molecular weight excluding hydrogens is 465 g/mol. The van der Waals surface area contributed by atoms with Gasteiger partial charge in [0.05, 0.1) is 10.6 Å². The van der Waals surface area contributed by atoms with E-state index in [-0.39, 0.29) is 10.6 Å². The maximum atomic E-state index is 14.7. The zero-order valence-corrected chi connectivity index (χ0v) is 22.1. The van der Waals surface area contributed by atoms with Crippen LogP contribution in [-0.4, -0.2) is 27.0 Å². The van der Waals surface area contributed by atoms with E-state index in [1.165, 1.54) is 12.1 Å². The van der Waals surface area contributed by atoms with E-state index >= 15 is 0 Å². The van der Waals surface area contributed by atoms with Gasteiger partial charge in [-0.25, -0.2) is 23.8 Å². The first kappa shape index (κ1) is 30.2. The summed E-state index contributed by atoms with van der Waals surface area (Å²) in [6, 6.07) is 11.3. The van der Waals surface area contributed by atoms with Crippen LogP contribution in [0.3, 0.4) is 0 Å². The predicted molar refractivity (Wildman–Crippen MR) is 145 cm³/mol. The molecule has 0 fully saturated rings. The fraction of sp³-hybridized carbons (Fsp3) is 0.385. The van der Waals surface area contributed by atoms with Crippen LogP contribution in [0.1, 0.15) is 58.1 Å². The summed E-state index contributed by atoms with van der Waals surface area (Å²) in [7, 11) is -4.02. The van der Waals surface area contributed by atoms with Crippen LogP contribution in [0.15, 0.2) is 69.1 Å². The summed E-state index contributed by atoms with van der Waals surface area (Å²) in [4.78, 5) is 8.75. The zero-order chi connectivity index (χ0) is 26.4. The summed E-state index contributed by atoms with van der Waals surface area (Å²) >= 11 is 0. The number of aryl methyl sites for hydroxylation is 1. The first-order valence-corrected chi connectivity index (χ1v) is 13.3. The van der Waals surface area contributed by atoms with Gasteiger partial charge in [0.2, 0.25) is 10.0 Å². The minimum Gasteiger partial charge on any atom is -0.271 e. The molecule has 0 aliphatic heterocycles. The van der Waals surface area contributed by atoms with Crippen molar-refractivity contribution in [1.82, 2.24) is 0 Å². The average Bonchev–Trinajstić information content (AvgIpc) is 2.83. The molecular formula is C26H38FN5O2S. The maximum Gasteiger partial charge on any atom is 0.238 e. The van der Waals surface area contributed by atoms with E-state index in [4.69, 9.17) is 11.0 Å². The second-order valence-corrected chi connectivity index (χ2v) is 9.16. The van der Waals surface area contributed by atoms with E-state index in [1.807, 2.05) is 71.2 Å². The molecule has 7 nitrogen and oxygen atoms in total. The van der Waals surface area contributed by atoms with Gasteiger partial charge in [-0.1, -0.05) is 56.7 Å². The first-order chi connectivity index (χ1) is 16.7. The van der Waals surface area contributed by atoms with Crippen LogP contribution in [-0.2, 0) is 16.4 Å². The van der Waals surface area contributed by atoms with Crippen molar-refractivity contribution in [1.29, 1.82) is 0 Å². The van der Waals surface area contributed by atoms with Crippen molar-refractivity contribution in [2.45, 2.75) is 65.2 Å². The number of halogens is 1. The minimum absolute atomic E-state index is 0.00971. The van der Waals surface area contributed by atoms with Crippen LogP contribution in [0.5, 0.6) is 0 Å². The Hall–Kier alpha value is -2.88. The number of amidine groups is 1. The SMILES string of the molecule is C/C=C(/CCCN=C(Cc1cccc(C)c1)N(N)c1ccc(S(N)(=O)=O)cc1F)N=CCC.CC. The van der Waals surface area contributed by atoms with Gasteiger partial charge >= 0.3 is 0 Å². The fourth-order valence-corrected chi connectivity index (χ4v) is 3.71. The highest BCUT2D eigenvalue weighted by atomic mass is 32.2. The molecule has 0 aromatic heterocycles. The number of primary sulfonamides is 1. The number of sulfonamides is 1. The number of anilines is 1. The molecule has 0 spiro atoms. The van der Waals surface area contributed by atoms with Gasteiger partial charge in [0.1, 0.15) is 11.7 Å². The molecule has 0 saturated carbocycles. The van der Waals surface area contributed by atoms with Crippen LogP contribution in [0.4, 0.5) is 10.1 Å². The maximum absolute atomic E-state index is 14.7. The summed E-state index contributed by atoms with van der Waals surface area (Å²) in [5.41, 5.74) is 3.06. The van der Waals surface area contributed by atoms with E-state index in [1.54, 1.807) is 0 Å². The van der Waals surface area contributed by atoms with Gasteiger partial charge in [-0.2, -0.15) is 0 Å². The molecule has 2 aromatic carbocycles. The fourth-order valence-electron chi connectivity index (χ4n) is 3.18. The lowest BCUT2D eigenvalue weighted by molar-refractivity contribution is 0.592. The minimum atomic E-state index is -4.02. The highest BCUT2D eigenvalue weighted by molar-refractivity contribution is 7.89. The summed E-state index contributed by atoms with van der Waals surface area (Å²) in [6.45, 7) is 10.4. The smallest absolute Gasteiger partial charge is 0.238 e. The standard InChI is InChI=1S/C24H32FN5O2S.C2H6/c1-4-13-28-20(5-2)10-7-14-29-24(16-19-9-6-8-18(3)15-19)30(26)23-12-11-21(17-22(23)25)33(27,31)32;1-2/h5-6,8-9,11-13,15,17H,4,7,10,14,16,26H2,1-3H3,(H2,27,31,32);1-2H3/b20-5-,28-13?,29-24?;. The molecule has 0 radical (unpaired) electrons. The Kier molecular flexibility index (Phi) is 13.1. The molecule has 0 atom stereocenters. The van der Waals surface area contributed by atoms with E-state index in [9.17, 15) is 12.8 Å². The molecule has 0 amide bonds. The van der Waals surface area contributed by atoms with Crippen molar-refractivity contribution in [3.8, 4) is 0 Å². The summed E-state index contributed by atoms with van der Waals surface area (Å²) < 4.78 is 37.8. The number of allylic oxidation sites excluding steroid dienone is 2. The monoisotopic (exact) mass is 503 g/mol. The number of hydrogen-bond donors (Lipinski definition) is 2. The average molecular weight is 504 g/mol. The molecule has 0 saturated heterocycles. The Morgan fingerprint density at radius 2 is 1.89 bits per heavy atom. The summed E-state index contributed by atoms with van der Waals surface area (Å²) in [5, 5.41) is 6.26. The van der Waals surface area contributed by atoms with Crippen molar-refractivity contribution >= 4 is 27.8 Å². The molecule has 2 rings (SSSR count). The van der Waals surface area contributed by atoms with E-state index in [0.717, 1.165) is 47.2 Å². The van der Waals surface area contributed by atoms with Crippen LogP contribution in [0.2, 0.25) is 0 Å². The number of hydrazine groups is 1. The van der Waals surface area contributed by atoms with Crippen LogP contribution in [0.25, 0.3) is 0 Å². The number of nitrogens with zero attached hydrogens (tertiary/aromatic N) is 3. The highest BCUT2D eigenvalue weighted by Gasteiger charge is 2.18. The number of benzene rings is 2. The second kappa shape index (κ2) is 15.2. The predicted octanol–water partition coefficient (Wildman–Crippen LogP) is 5.29. The van der Waals surface area contributed by atoms with E-state index < -0.39 is 15.8 Å². The Balaban J connectivity index is 0.00000298. The highest BCUT2D eigenvalue weighted by Crippen LogP contribution is 2.22. The zero-order valence-electron chi connectivity index (χ0n) is 21.3. The summed E-state index contributed by atoms with van der Waals surface area (Å²) in [6.07, 6.45) is 6.61. The van der Waals surface area contributed by atoms with Gasteiger partial charge in [0.25, 0.3) is 0 Å². The first-order valence-electron chi connectivity index (χ1n) is 11.8. The molecule has 4 N–H and O–H groups in total. The third-order valence-corrected chi connectivity index (χ3v) is 5.80. The number of aliphatic imine (C=N–C) groups is 2. The van der Waals surface area contributed by atoms with Crippen LogP contribution < -0.4 is 16.0 Å². The van der Waals surface area contributed by atoms with Crippen molar-refractivity contribution < 1.29 is 12.8 Å². The Morgan fingerprint density at radius 3 is 2.46 bits per heavy atom. The topological polar surface area (TPSA) is 114 Å². The normalized spacial score (nSPS) is 12.5. The van der Waals surface area contributed by atoms with Crippen molar-refractivity contribution in [2.24, 2.45) is 21.0 Å². The van der Waals surface area contributed by atoms with E-state index in [0.29, 0.717) is 18.8 Å². The number of rotatable bonds is 10. The molecule has 0 unspecified atom stereocenters. The van der Waals surface area contributed by atoms with E-state index in [2.05, 4.69) is 9.98 Å². The third-order valence-electron chi connectivity index (χ3n) is 4.89. The molecule has 0 aliphatic carbocycles. The molecule has 0 heterocycles. The molecule has 9 heteroatoms.